The van der Waals surface area contributed by atoms with Gasteiger partial charge in [0.05, 0.1) is 0 Å². The van der Waals surface area contributed by atoms with Gasteiger partial charge in [0, 0.05) is 22.2 Å². The van der Waals surface area contributed by atoms with Gasteiger partial charge in [0.15, 0.2) is 0 Å². The molecule has 1 saturated heterocycles. The molecule has 0 bridgehead atoms. The molecule has 2 rings (SSSR count). The van der Waals surface area contributed by atoms with E-state index in [2.05, 4.69) is 65.6 Å². The Bertz CT molecular complexity index is 335. The second kappa shape index (κ2) is 4.32. The van der Waals surface area contributed by atoms with Crippen LogP contribution in [0.25, 0.3) is 0 Å². The van der Waals surface area contributed by atoms with Crippen molar-refractivity contribution >= 4 is 28.3 Å². The van der Waals surface area contributed by atoms with Crippen LogP contribution < -0.4 is 4.90 Å². The first kappa shape index (κ1) is 11.2. The Kier molecular flexibility index (Phi) is 3.24. The predicted molar refractivity (Wildman–Crippen MR) is 74.9 cm³/mol. The van der Waals surface area contributed by atoms with Crippen molar-refractivity contribution in [3.8, 4) is 0 Å². The molecule has 15 heavy (non-hydrogen) atoms. The fourth-order valence-corrected chi connectivity index (χ4v) is 2.67. The van der Waals surface area contributed by atoms with Crippen LogP contribution in [0.5, 0.6) is 0 Å². The number of benzene rings is 1. The van der Waals surface area contributed by atoms with Gasteiger partial charge in [0.1, 0.15) is 0 Å². The van der Waals surface area contributed by atoms with Crippen LogP contribution in [0, 0.1) is 0 Å². The summed E-state index contributed by atoms with van der Waals surface area (Å²) in [6, 6.07) is 8.83. The number of rotatable bonds is 2. The minimum atomic E-state index is 0.219. The number of nitrogens with zero attached hydrogens (tertiary/aromatic N) is 1. The molecular weight excluding hydrogens is 297 g/mol. The molecule has 1 aromatic carbocycles. The summed E-state index contributed by atoms with van der Waals surface area (Å²) in [5.74, 6) is 0. The highest BCUT2D eigenvalue weighted by Gasteiger charge is 2.23. The third kappa shape index (κ3) is 2.47. The van der Waals surface area contributed by atoms with Crippen LogP contribution >= 0.6 is 22.6 Å². The quantitative estimate of drug-likeness (QED) is 0.590. The molecule has 1 aliphatic heterocycles. The Morgan fingerprint density at radius 3 is 2.33 bits per heavy atom. The van der Waals surface area contributed by atoms with E-state index >= 15 is 0 Å². The first-order valence-corrected chi connectivity index (χ1v) is 6.70. The van der Waals surface area contributed by atoms with Gasteiger partial charge >= 0.3 is 0 Å². The van der Waals surface area contributed by atoms with Gasteiger partial charge in [-0.2, -0.15) is 0 Å². The minimum Gasteiger partial charge on any atom is -0.371 e. The summed E-state index contributed by atoms with van der Waals surface area (Å²) in [7, 11) is 0. The number of hydrogen-bond acceptors (Lipinski definition) is 1. The van der Waals surface area contributed by atoms with Crippen molar-refractivity contribution in [2.45, 2.75) is 30.1 Å². The molecule has 82 valence electrons. The third-order valence-corrected chi connectivity index (χ3v) is 3.57. The second-order valence-electron chi connectivity index (χ2n) is 4.68. The van der Waals surface area contributed by atoms with Crippen molar-refractivity contribution in [2.24, 2.45) is 0 Å². The molecule has 0 aromatic heterocycles. The molecule has 2 heteroatoms. The van der Waals surface area contributed by atoms with Gasteiger partial charge in [-0.15, -0.1) is 0 Å². The van der Waals surface area contributed by atoms with Crippen molar-refractivity contribution in [2.75, 3.05) is 18.0 Å². The summed E-state index contributed by atoms with van der Waals surface area (Å²) in [6.45, 7) is 7.01. The van der Waals surface area contributed by atoms with Gasteiger partial charge in [0.2, 0.25) is 0 Å². The smallest absolute Gasteiger partial charge is 0.0434 e. The molecule has 0 spiro atoms. The molecule has 1 nitrogen and oxygen atoms in total. The van der Waals surface area contributed by atoms with E-state index < -0.39 is 0 Å². The van der Waals surface area contributed by atoms with Crippen LogP contribution in [0.1, 0.15) is 32.3 Å². The Morgan fingerprint density at radius 2 is 1.73 bits per heavy atom. The molecule has 0 atom stereocenters. The lowest BCUT2D eigenvalue weighted by atomic mass is 10.0. The van der Waals surface area contributed by atoms with E-state index in [-0.39, 0.29) is 3.42 Å². The summed E-state index contributed by atoms with van der Waals surface area (Å²) in [6.07, 6.45) is 2.69. The van der Waals surface area contributed by atoms with Crippen LogP contribution in [0.3, 0.4) is 0 Å². The van der Waals surface area contributed by atoms with Gasteiger partial charge in [-0.25, -0.2) is 0 Å². The maximum absolute atomic E-state index is 2.53. The van der Waals surface area contributed by atoms with Gasteiger partial charge in [-0.05, 0) is 38.3 Å². The summed E-state index contributed by atoms with van der Waals surface area (Å²) >= 11 is 2.53. The molecule has 1 fully saturated rings. The van der Waals surface area contributed by atoms with E-state index in [4.69, 9.17) is 0 Å². The first-order valence-electron chi connectivity index (χ1n) is 5.62. The van der Waals surface area contributed by atoms with Crippen molar-refractivity contribution in [1.82, 2.24) is 0 Å². The maximum atomic E-state index is 2.53. The minimum absolute atomic E-state index is 0.219. The Balaban J connectivity index is 2.37. The maximum Gasteiger partial charge on any atom is 0.0434 e. The predicted octanol–water partition coefficient (Wildman–Crippen LogP) is 3.96. The second-order valence-corrected chi connectivity index (χ2v) is 7.38. The van der Waals surface area contributed by atoms with Crippen LogP contribution in [-0.2, 0) is 3.42 Å². The highest BCUT2D eigenvalue weighted by molar-refractivity contribution is 14.1. The Labute approximate surface area is 106 Å². The van der Waals surface area contributed by atoms with Crippen molar-refractivity contribution < 1.29 is 0 Å². The SMILES string of the molecule is CC(C)(I)c1ccccc1N1CCCC1. The first-order chi connectivity index (χ1) is 7.09. The van der Waals surface area contributed by atoms with E-state index in [1.54, 1.807) is 0 Å². The van der Waals surface area contributed by atoms with Crippen LogP contribution in [0.15, 0.2) is 24.3 Å². The van der Waals surface area contributed by atoms with E-state index in [0.29, 0.717) is 0 Å². The molecule has 1 aliphatic rings. The number of para-hydroxylation sites is 1. The van der Waals surface area contributed by atoms with Gasteiger partial charge in [-0.1, -0.05) is 40.8 Å². The van der Waals surface area contributed by atoms with Crippen LogP contribution in [0.4, 0.5) is 5.69 Å². The lowest BCUT2D eigenvalue weighted by Gasteiger charge is -2.27. The number of hydrogen-bond donors (Lipinski definition) is 0. The highest BCUT2D eigenvalue weighted by Crippen LogP contribution is 2.38. The molecule has 0 aliphatic carbocycles. The lowest BCUT2D eigenvalue weighted by Crippen LogP contribution is -2.22. The van der Waals surface area contributed by atoms with Crippen molar-refractivity contribution in [1.29, 1.82) is 0 Å². The van der Waals surface area contributed by atoms with Gasteiger partial charge in [0.25, 0.3) is 0 Å². The monoisotopic (exact) mass is 315 g/mol. The largest absolute Gasteiger partial charge is 0.371 e. The Morgan fingerprint density at radius 1 is 1.13 bits per heavy atom. The van der Waals surface area contributed by atoms with Gasteiger partial charge in [-0.3, -0.25) is 0 Å². The van der Waals surface area contributed by atoms with Crippen LogP contribution in [-0.4, -0.2) is 13.1 Å². The zero-order valence-electron chi connectivity index (χ0n) is 9.46. The van der Waals surface area contributed by atoms with E-state index in [1.165, 1.54) is 37.2 Å². The third-order valence-electron chi connectivity index (χ3n) is 2.99. The molecule has 0 unspecified atom stereocenters. The summed E-state index contributed by atoms with van der Waals surface area (Å²) in [4.78, 5) is 2.52. The summed E-state index contributed by atoms with van der Waals surface area (Å²) in [5, 5.41) is 0. The number of halogens is 1. The number of alkyl halides is 1. The molecule has 0 N–H and O–H groups in total. The average molecular weight is 315 g/mol. The van der Waals surface area contributed by atoms with Crippen molar-refractivity contribution in [3.05, 3.63) is 29.8 Å². The summed E-state index contributed by atoms with van der Waals surface area (Å²) < 4.78 is 0.219. The van der Waals surface area contributed by atoms with E-state index in [9.17, 15) is 0 Å². The molecule has 0 amide bonds. The van der Waals surface area contributed by atoms with Crippen molar-refractivity contribution in [3.63, 3.8) is 0 Å². The zero-order valence-corrected chi connectivity index (χ0v) is 11.6. The average Bonchev–Trinajstić information content (AvgIpc) is 2.69. The molecule has 0 saturated carbocycles. The highest BCUT2D eigenvalue weighted by atomic mass is 127. The molecular formula is C13H18IN. The standard InChI is InChI=1S/C13H18IN/c1-13(2,14)11-7-3-4-8-12(11)15-9-5-6-10-15/h3-4,7-8H,5-6,9-10H2,1-2H3. The topological polar surface area (TPSA) is 3.24 Å². The molecule has 1 heterocycles. The molecule has 0 radical (unpaired) electrons. The summed E-state index contributed by atoms with van der Waals surface area (Å²) in [5.41, 5.74) is 2.90. The number of anilines is 1. The Hall–Kier alpha value is -0.250. The van der Waals surface area contributed by atoms with Gasteiger partial charge < -0.3 is 4.90 Å². The fraction of sp³-hybridized carbons (Fsp3) is 0.538. The van der Waals surface area contributed by atoms with E-state index in [0.717, 1.165) is 0 Å². The lowest BCUT2D eigenvalue weighted by molar-refractivity contribution is 0.812. The normalized spacial score (nSPS) is 17.1. The fourth-order valence-electron chi connectivity index (χ4n) is 2.21. The zero-order chi connectivity index (χ0) is 10.9. The van der Waals surface area contributed by atoms with Crippen LogP contribution in [0.2, 0.25) is 0 Å². The molecule has 1 aromatic rings. The van der Waals surface area contributed by atoms with E-state index in [1.807, 2.05) is 0 Å².